The van der Waals surface area contributed by atoms with Gasteiger partial charge in [-0.15, -0.1) is 0 Å². The van der Waals surface area contributed by atoms with Crippen LogP contribution in [-0.2, 0) is 7.05 Å². The molecule has 0 bridgehead atoms. The first-order chi connectivity index (χ1) is 17.7. The lowest BCUT2D eigenvalue weighted by atomic mass is 9.71. The number of hydrogen-bond donors (Lipinski definition) is 2. The molecule has 1 atom stereocenters. The van der Waals surface area contributed by atoms with Crippen LogP contribution in [0.1, 0.15) is 75.3 Å². The number of aryl methyl sites for hydroxylation is 1. The molecule has 1 aliphatic carbocycles. The topological polar surface area (TPSA) is 105 Å². The molecule has 1 saturated carbocycles. The fourth-order valence-electron chi connectivity index (χ4n) is 5.70. The minimum atomic E-state index is -0.259. The number of hydrogen-bond acceptors (Lipinski definition) is 6. The van der Waals surface area contributed by atoms with Crippen molar-refractivity contribution >= 4 is 28.8 Å². The van der Waals surface area contributed by atoms with Gasteiger partial charge in [0.2, 0.25) is 11.9 Å². The number of para-hydroxylation sites is 2. The summed E-state index contributed by atoms with van der Waals surface area (Å²) in [6, 6.07) is 16.6. The Hall–Kier alpha value is -3.75. The molecule has 0 spiro atoms. The molecule has 1 aliphatic rings. The number of nitrogens with one attached hydrogen (secondary N) is 2. The van der Waals surface area contributed by atoms with Crippen LogP contribution in [0.2, 0.25) is 0 Å². The fourth-order valence-corrected chi connectivity index (χ4v) is 5.70. The minimum Gasteiger partial charge on any atom is -0.332 e. The molecule has 0 saturated heterocycles. The van der Waals surface area contributed by atoms with E-state index in [1.165, 1.54) is 12.8 Å². The van der Waals surface area contributed by atoms with E-state index in [0.29, 0.717) is 17.0 Å². The zero-order valence-electron chi connectivity index (χ0n) is 22.3. The molecule has 5 rings (SSSR count). The van der Waals surface area contributed by atoms with E-state index in [1.807, 2.05) is 30.3 Å². The summed E-state index contributed by atoms with van der Waals surface area (Å²) >= 11 is 0. The first kappa shape index (κ1) is 24.9. The average molecular weight is 501 g/mol. The minimum absolute atomic E-state index is 0.0854. The third-order valence-corrected chi connectivity index (χ3v) is 7.96. The third-order valence-electron chi connectivity index (χ3n) is 7.96. The van der Waals surface area contributed by atoms with Crippen LogP contribution >= 0.6 is 0 Å². The van der Waals surface area contributed by atoms with Crippen LogP contribution < -0.4 is 10.2 Å². The van der Waals surface area contributed by atoms with Gasteiger partial charge in [-0.25, -0.2) is 10.1 Å². The lowest BCUT2D eigenvalue weighted by molar-refractivity contribution is 0.102. The van der Waals surface area contributed by atoms with E-state index >= 15 is 0 Å². The molecule has 1 amide bonds. The van der Waals surface area contributed by atoms with Crippen molar-refractivity contribution in [1.82, 2.24) is 30.2 Å². The van der Waals surface area contributed by atoms with E-state index in [4.69, 9.17) is 4.98 Å². The number of anilines is 2. The first-order valence-corrected chi connectivity index (χ1v) is 13.1. The van der Waals surface area contributed by atoms with Crippen molar-refractivity contribution in [1.29, 1.82) is 0 Å². The highest BCUT2D eigenvalue weighted by Gasteiger charge is 2.35. The number of carbonyl (C=O) groups is 1. The van der Waals surface area contributed by atoms with E-state index in [9.17, 15) is 4.79 Å². The summed E-state index contributed by atoms with van der Waals surface area (Å²) in [4.78, 5) is 20.2. The van der Waals surface area contributed by atoms with Gasteiger partial charge in [0.15, 0.2) is 0 Å². The quantitative estimate of drug-likeness (QED) is 0.362. The van der Waals surface area contributed by atoms with Gasteiger partial charge in [0, 0.05) is 18.7 Å². The molecule has 9 nitrogen and oxygen atoms in total. The molecule has 2 aromatic carbocycles. The van der Waals surface area contributed by atoms with Gasteiger partial charge in [-0.3, -0.25) is 10.1 Å². The molecule has 1 fully saturated rings. The molecule has 2 aromatic heterocycles. The maximum atomic E-state index is 12.6. The highest BCUT2D eigenvalue weighted by molar-refractivity contribution is 6.03. The molecule has 194 valence electrons. The molecule has 2 N–H and O–H groups in total. The standard InChI is InChI=1S/C28H36N8O/c1-18(19-10-12-20(13-11-19)25(37)30-26-31-33-34-32-26)36(22-16-14-21(15-17-22)28(2,3)4)27-29-23-8-6-7-9-24(23)35(27)5/h6-13,18,21-22H,14-17H2,1-5H3,(H2,30,31,32,33,34,37). The Kier molecular flexibility index (Phi) is 6.70. The summed E-state index contributed by atoms with van der Waals surface area (Å²) < 4.78 is 2.22. The third kappa shape index (κ3) is 5.08. The number of nitrogens with zero attached hydrogens (tertiary/aromatic N) is 6. The number of tetrazole rings is 1. The number of benzene rings is 2. The fraction of sp³-hybridized carbons (Fsp3) is 0.464. The zero-order valence-corrected chi connectivity index (χ0v) is 22.3. The van der Waals surface area contributed by atoms with Crippen LogP contribution in [0, 0.1) is 11.3 Å². The van der Waals surface area contributed by atoms with Crippen molar-refractivity contribution in [3.05, 3.63) is 59.7 Å². The summed E-state index contributed by atoms with van der Waals surface area (Å²) in [7, 11) is 2.11. The monoisotopic (exact) mass is 500 g/mol. The van der Waals surface area contributed by atoms with Crippen LogP contribution in [0.5, 0.6) is 0 Å². The van der Waals surface area contributed by atoms with E-state index in [0.717, 1.165) is 41.3 Å². The van der Waals surface area contributed by atoms with Crippen LogP contribution in [0.4, 0.5) is 11.9 Å². The Balaban J connectivity index is 1.43. The van der Waals surface area contributed by atoms with Crippen LogP contribution in [0.15, 0.2) is 48.5 Å². The second kappa shape index (κ2) is 9.95. The van der Waals surface area contributed by atoms with Gasteiger partial charge in [-0.2, -0.15) is 0 Å². The van der Waals surface area contributed by atoms with Crippen molar-refractivity contribution in [3.63, 3.8) is 0 Å². The number of amides is 1. The Labute approximate surface area is 217 Å². The van der Waals surface area contributed by atoms with Gasteiger partial charge >= 0.3 is 0 Å². The SMILES string of the molecule is CC(c1ccc(C(=O)Nc2nnn[nH]2)cc1)N(c1nc2ccccc2n1C)C1CCC(C(C)(C)C)CC1. The molecule has 37 heavy (non-hydrogen) atoms. The molecular weight excluding hydrogens is 464 g/mol. The Morgan fingerprint density at radius 3 is 2.41 bits per heavy atom. The highest BCUT2D eigenvalue weighted by Crippen LogP contribution is 2.42. The van der Waals surface area contributed by atoms with Gasteiger partial charge < -0.3 is 9.47 Å². The first-order valence-electron chi connectivity index (χ1n) is 13.1. The molecule has 0 radical (unpaired) electrons. The summed E-state index contributed by atoms with van der Waals surface area (Å²) in [6.45, 7) is 9.33. The molecule has 0 aliphatic heterocycles. The van der Waals surface area contributed by atoms with E-state index in [-0.39, 0.29) is 17.9 Å². The van der Waals surface area contributed by atoms with Crippen molar-refractivity contribution in [2.75, 3.05) is 10.2 Å². The lowest BCUT2D eigenvalue weighted by Crippen LogP contribution is -2.42. The smallest absolute Gasteiger partial charge is 0.258 e. The molecular formula is C28H36N8O. The van der Waals surface area contributed by atoms with Crippen LogP contribution in [0.3, 0.4) is 0 Å². The molecule has 4 aromatic rings. The van der Waals surface area contributed by atoms with Gasteiger partial charge in [-0.1, -0.05) is 50.1 Å². The lowest BCUT2D eigenvalue weighted by Gasteiger charge is -2.44. The number of H-pyrrole nitrogens is 1. The summed E-state index contributed by atoms with van der Waals surface area (Å²) in [5, 5.41) is 15.9. The summed E-state index contributed by atoms with van der Waals surface area (Å²) in [6.07, 6.45) is 4.72. The average Bonchev–Trinajstić information content (AvgIpc) is 3.52. The van der Waals surface area contributed by atoms with E-state index < -0.39 is 0 Å². The zero-order chi connectivity index (χ0) is 26.2. The number of rotatable bonds is 6. The Morgan fingerprint density at radius 2 is 1.78 bits per heavy atom. The van der Waals surface area contributed by atoms with Gasteiger partial charge in [0.25, 0.3) is 5.91 Å². The number of imidazole rings is 1. The maximum absolute atomic E-state index is 12.6. The molecule has 1 unspecified atom stereocenters. The van der Waals surface area contributed by atoms with Crippen LogP contribution in [-0.4, -0.2) is 42.1 Å². The van der Waals surface area contributed by atoms with Gasteiger partial charge in [0.1, 0.15) is 0 Å². The number of fused-ring (bicyclic) bond motifs is 1. The number of aromatic amines is 1. The second-order valence-electron chi connectivity index (χ2n) is 11.2. The van der Waals surface area contributed by atoms with Crippen molar-refractivity contribution in [2.24, 2.45) is 18.4 Å². The predicted octanol–water partition coefficient (Wildman–Crippen LogP) is 5.51. The maximum Gasteiger partial charge on any atom is 0.258 e. The largest absolute Gasteiger partial charge is 0.332 e. The Bertz CT molecular complexity index is 1350. The Morgan fingerprint density at radius 1 is 1.08 bits per heavy atom. The van der Waals surface area contributed by atoms with Crippen LogP contribution in [0.25, 0.3) is 11.0 Å². The normalized spacial score (nSPS) is 19.1. The number of aromatic nitrogens is 6. The highest BCUT2D eigenvalue weighted by atomic mass is 16.1. The summed E-state index contributed by atoms with van der Waals surface area (Å²) in [5.74, 6) is 1.69. The molecule has 2 heterocycles. The van der Waals surface area contributed by atoms with E-state index in [2.05, 4.69) is 88.3 Å². The van der Waals surface area contributed by atoms with Gasteiger partial charge in [-0.05, 0) is 84.2 Å². The summed E-state index contributed by atoms with van der Waals surface area (Å²) in [5.41, 5.74) is 4.16. The second-order valence-corrected chi connectivity index (χ2v) is 11.2. The van der Waals surface area contributed by atoms with Gasteiger partial charge in [0.05, 0.1) is 17.1 Å². The number of carbonyl (C=O) groups excluding carboxylic acids is 1. The molecule has 9 heteroatoms. The van der Waals surface area contributed by atoms with Crippen molar-refractivity contribution in [2.45, 2.75) is 65.5 Å². The van der Waals surface area contributed by atoms with Crippen molar-refractivity contribution < 1.29 is 4.79 Å². The predicted molar refractivity (Wildman–Crippen MR) is 145 cm³/mol. The van der Waals surface area contributed by atoms with Crippen molar-refractivity contribution in [3.8, 4) is 0 Å². The van der Waals surface area contributed by atoms with E-state index in [1.54, 1.807) is 0 Å².